The highest BCUT2D eigenvalue weighted by Gasteiger charge is 2.25. The van der Waals surface area contributed by atoms with Gasteiger partial charge in [-0.2, -0.15) is 9.50 Å². The normalized spacial score (nSPS) is 15.5. The van der Waals surface area contributed by atoms with Gasteiger partial charge in [-0.05, 0) is 32.8 Å². The van der Waals surface area contributed by atoms with E-state index in [-0.39, 0.29) is 5.56 Å². The van der Waals surface area contributed by atoms with Gasteiger partial charge in [-0.25, -0.2) is 4.98 Å². The summed E-state index contributed by atoms with van der Waals surface area (Å²) in [5.41, 5.74) is 1.53. The van der Waals surface area contributed by atoms with E-state index in [0.717, 1.165) is 24.1 Å². The Hall–Kier alpha value is -2.24. The fourth-order valence-electron chi connectivity index (χ4n) is 2.54. The molecule has 4 rings (SSSR count). The molecule has 1 aliphatic carbocycles. The van der Waals surface area contributed by atoms with Crippen LogP contribution in [0.5, 0.6) is 0 Å². The van der Waals surface area contributed by atoms with Crippen LogP contribution in [0.1, 0.15) is 30.4 Å². The van der Waals surface area contributed by atoms with E-state index in [0.29, 0.717) is 23.0 Å². The van der Waals surface area contributed by atoms with Gasteiger partial charge in [0.2, 0.25) is 0 Å². The van der Waals surface area contributed by atoms with E-state index in [4.69, 9.17) is 0 Å². The topological polar surface area (TPSA) is 65.1 Å². The third-order valence-electron chi connectivity index (χ3n) is 3.59. The first kappa shape index (κ1) is 10.7. The summed E-state index contributed by atoms with van der Waals surface area (Å²) >= 11 is 0. The van der Waals surface area contributed by atoms with Gasteiger partial charge in [0, 0.05) is 12.2 Å². The van der Waals surface area contributed by atoms with Crippen molar-refractivity contribution in [1.82, 2.24) is 24.1 Å². The lowest BCUT2D eigenvalue weighted by atomic mass is 10.2. The number of rotatable bonds is 1. The molecular formula is C13H13N5O. The smallest absolute Gasteiger partial charge is 0.262 e. The average molecular weight is 255 g/mol. The minimum Gasteiger partial charge on any atom is -0.312 e. The molecule has 6 heteroatoms. The Bertz CT molecular complexity index is 872. The number of hydrogen-bond acceptors (Lipinski definition) is 4. The van der Waals surface area contributed by atoms with Crippen molar-refractivity contribution in [2.45, 2.75) is 32.7 Å². The summed E-state index contributed by atoms with van der Waals surface area (Å²) in [6.07, 6.45) is 4.03. The van der Waals surface area contributed by atoms with E-state index < -0.39 is 0 Å². The second kappa shape index (κ2) is 3.40. The highest BCUT2D eigenvalue weighted by atomic mass is 16.1. The van der Waals surface area contributed by atoms with Crippen molar-refractivity contribution in [3.8, 4) is 0 Å². The molecular weight excluding hydrogens is 242 g/mol. The van der Waals surface area contributed by atoms with Crippen LogP contribution >= 0.6 is 0 Å². The van der Waals surface area contributed by atoms with Gasteiger partial charge in [-0.15, -0.1) is 5.10 Å². The van der Waals surface area contributed by atoms with Crippen molar-refractivity contribution in [2.24, 2.45) is 0 Å². The Kier molecular flexibility index (Phi) is 1.91. The molecule has 0 bridgehead atoms. The van der Waals surface area contributed by atoms with Crippen molar-refractivity contribution in [1.29, 1.82) is 0 Å². The summed E-state index contributed by atoms with van der Waals surface area (Å²) in [6, 6.07) is 2.30. The van der Waals surface area contributed by atoms with E-state index in [9.17, 15) is 4.79 Å². The molecule has 1 saturated carbocycles. The van der Waals surface area contributed by atoms with Gasteiger partial charge in [0.05, 0.1) is 16.6 Å². The Morgan fingerprint density at radius 3 is 2.79 bits per heavy atom. The zero-order valence-corrected chi connectivity index (χ0v) is 10.8. The molecule has 0 radical (unpaired) electrons. The van der Waals surface area contributed by atoms with Crippen LogP contribution < -0.4 is 5.56 Å². The number of fused-ring (bicyclic) bond motifs is 3. The Labute approximate surface area is 108 Å². The summed E-state index contributed by atoms with van der Waals surface area (Å²) in [4.78, 5) is 21.2. The van der Waals surface area contributed by atoms with Crippen molar-refractivity contribution in [2.75, 3.05) is 0 Å². The van der Waals surface area contributed by atoms with E-state index in [1.807, 2.05) is 30.7 Å². The van der Waals surface area contributed by atoms with Crippen LogP contribution in [0.25, 0.3) is 16.7 Å². The summed E-state index contributed by atoms with van der Waals surface area (Å²) in [6.45, 7) is 3.67. The van der Waals surface area contributed by atoms with Gasteiger partial charge < -0.3 is 4.57 Å². The Morgan fingerprint density at radius 2 is 2.05 bits per heavy atom. The maximum atomic E-state index is 12.5. The third kappa shape index (κ3) is 1.43. The molecule has 0 aliphatic heterocycles. The fourth-order valence-corrected chi connectivity index (χ4v) is 2.54. The summed E-state index contributed by atoms with van der Waals surface area (Å²) in [5, 5.41) is 4.95. The largest absolute Gasteiger partial charge is 0.312 e. The maximum Gasteiger partial charge on any atom is 0.262 e. The van der Waals surface area contributed by atoms with E-state index in [1.165, 1.54) is 0 Å². The molecule has 0 N–H and O–H groups in total. The molecule has 3 aromatic rings. The molecule has 0 spiro atoms. The first-order valence-electron chi connectivity index (χ1n) is 6.40. The number of aromatic nitrogens is 5. The zero-order chi connectivity index (χ0) is 13.1. The molecule has 96 valence electrons. The minimum atomic E-state index is 0.0278. The Morgan fingerprint density at radius 1 is 1.26 bits per heavy atom. The van der Waals surface area contributed by atoms with Crippen LogP contribution in [0.15, 0.2) is 17.1 Å². The summed E-state index contributed by atoms with van der Waals surface area (Å²) in [5.74, 6) is 1.21. The second-order valence-electron chi connectivity index (χ2n) is 5.09. The van der Waals surface area contributed by atoms with E-state index >= 15 is 0 Å². The molecule has 19 heavy (non-hydrogen) atoms. The van der Waals surface area contributed by atoms with Gasteiger partial charge in [-0.3, -0.25) is 4.79 Å². The number of aryl methyl sites for hydroxylation is 2. The lowest BCUT2D eigenvalue weighted by Crippen LogP contribution is -2.20. The molecule has 0 unspecified atom stereocenters. The van der Waals surface area contributed by atoms with E-state index in [2.05, 4.69) is 15.1 Å². The van der Waals surface area contributed by atoms with Crippen LogP contribution in [0.2, 0.25) is 0 Å². The standard InChI is InChI=1S/C13H13N5O/c1-7-11-10(18-13(14-7)15-8(2)16-18)5-6-17(12(11)19)9-3-4-9/h5-6,9H,3-4H2,1-2H3. The van der Waals surface area contributed by atoms with Gasteiger partial charge in [0.15, 0.2) is 0 Å². The van der Waals surface area contributed by atoms with E-state index in [1.54, 1.807) is 4.52 Å². The molecule has 1 fully saturated rings. The predicted molar refractivity (Wildman–Crippen MR) is 70.3 cm³/mol. The lowest BCUT2D eigenvalue weighted by molar-refractivity contribution is 0.712. The number of pyridine rings is 1. The van der Waals surface area contributed by atoms with Gasteiger partial charge in [0.25, 0.3) is 11.3 Å². The number of hydrogen-bond donors (Lipinski definition) is 0. The molecule has 1 aliphatic rings. The molecule has 0 atom stereocenters. The first-order valence-corrected chi connectivity index (χ1v) is 6.40. The maximum absolute atomic E-state index is 12.5. The molecule has 6 nitrogen and oxygen atoms in total. The summed E-state index contributed by atoms with van der Waals surface area (Å²) < 4.78 is 3.46. The highest BCUT2D eigenvalue weighted by molar-refractivity contribution is 5.81. The summed E-state index contributed by atoms with van der Waals surface area (Å²) in [7, 11) is 0. The van der Waals surface area contributed by atoms with Crippen molar-refractivity contribution in [3.63, 3.8) is 0 Å². The first-order chi connectivity index (χ1) is 9.15. The molecule has 3 aromatic heterocycles. The van der Waals surface area contributed by atoms with Crippen molar-refractivity contribution in [3.05, 3.63) is 34.1 Å². The predicted octanol–water partition coefficient (Wildman–Crippen LogP) is 1.39. The van der Waals surface area contributed by atoms with Crippen LogP contribution in [0.3, 0.4) is 0 Å². The van der Waals surface area contributed by atoms with Crippen molar-refractivity contribution >= 4 is 16.7 Å². The van der Waals surface area contributed by atoms with Crippen LogP contribution in [-0.2, 0) is 0 Å². The lowest BCUT2D eigenvalue weighted by Gasteiger charge is -2.07. The average Bonchev–Trinajstić information content (AvgIpc) is 3.12. The zero-order valence-electron chi connectivity index (χ0n) is 10.8. The van der Waals surface area contributed by atoms with Crippen molar-refractivity contribution < 1.29 is 0 Å². The fraction of sp³-hybridized carbons (Fsp3) is 0.385. The molecule has 0 aromatic carbocycles. The quantitative estimate of drug-likeness (QED) is 0.659. The number of nitrogens with zero attached hydrogens (tertiary/aromatic N) is 5. The minimum absolute atomic E-state index is 0.0278. The van der Waals surface area contributed by atoms with Gasteiger partial charge in [0.1, 0.15) is 5.82 Å². The Balaban J connectivity index is 2.19. The van der Waals surface area contributed by atoms with Crippen LogP contribution in [0.4, 0.5) is 0 Å². The van der Waals surface area contributed by atoms with Crippen LogP contribution in [-0.4, -0.2) is 24.1 Å². The van der Waals surface area contributed by atoms with Gasteiger partial charge in [-0.1, -0.05) is 0 Å². The highest BCUT2D eigenvalue weighted by Crippen LogP contribution is 2.33. The SMILES string of the molecule is Cc1nc2nc(C)c3c(=O)n(C4CC4)ccc3n2n1. The van der Waals surface area contributed by atoms with Crippen LogP contribution in [0, 0.1) is 13.8 Å². The van der Waals surface area contributed by atoms with Gasteiger partial charge >= 0.3 is 0 Å². The second-order valence-corrected chi connectivity index (χ2v) is 5.09. The monoisotopic (exact) mass is 255 g/mol. The third-order valence-corrected chi connectivity index (χ3v) is 3.59. The molecule has 3 heterocycles. The molecule has 0 amide bonds. The molecule has 0 saturated heterocycles.